The molecule has 0 aromatic heterocycles. The van der Waals surface area contributed by atoms with Crippen molar-refractivity contribution in [3.63, 3.8) is 0 Å². The fraction of sp³-hybridized carbons (Fsp3) is 0.833. The topological polar surface area (TPSA) is 29.5 Å². The molecule has 2 rings (SSSR count). The Kier molecular flexibility index (Phi) is 2.82. The van der Waals surface area contributed by atoms with E-state index in [0.717, 1.165) is 44.5 Å². The van der Waals surface area contributed by atoms with Gasteiger partial charge in [0.05, 0.1) is 6.61 Å². The summed E-state index contributed by atoms with van der Waals surface area (Å²) in [6.07, 6.45) is 8.52. The van der Waals surface area contributed by atoms with Gasteiger partial charge in [-0.25, -0.2) is 0 Å². The summed E-state index contributed by atoms with van der Waals surface area (Å²) in [6, 6.07) is 0. The third-order valence-corrected chi connectivity index (χ3v) is 3.66. The van der Waals surface area contributed by atoms with Gasteiger partial charge < -0.3 is 9.84 Å². The Morgan fingerprint density at radius 2 is 2.43 bits per heavy atom. The molecule has 1 aliphatic heterocycles. The standard InChI is InChI=1S/C12H20O2/c1-2-10-6-3-4-8-12(10,13)11-7-5-9-14-11/h7,10,13H,2-6,8-9H2,1H3. The van der Waals surface area contributed by atoms with Crippen molar-refractivity contribution >= 4 is 0 Å². The van der Waals surface area contributed by atoms with Crippen LogP contribution in [0.3, 0.4) is 0 Å². The van der Waals surface area contributed by atoms with E-state index in [-0.39, 0.29) is 0 Å². The van der Waals surface area contributed by atoms with Gasteiger partial charge in [-0.2, -0.15) is 0 Å². The molecule has 0 spiro atoms. The fourth-order valence-electron chi connectivity index (χ4n) is 2.81. The largest absolute Gasteiger partial charge is 0.495 e. The summed E-state index contributed by atoms with van der Waals surface area (Å²) < 4.78 is 5.54. The quantitative estimate of drug-likeness (QED) is 0.735. The van der Waals surface area contributed by atoms with Gasteiger partial charge in [-0.1, -0.05) is 26.2 Å². The zero-order valence-corrected chi connectivity index (χ0v) is 8.96. The maximum atomic E-state index is 10.6. The molecule has 2 aliphatic rings. The Morgan fingerprint density at radius 3 is 3.07 bits per heavy atom. The minimum Gasteiger partial charge on any atom is -0.495 e. The van der Waals surface area contributed by atoms with E-state index in [4.69, 9.17) is 4.74 Å². The van der Waals surface area contributed by atoms with Crippen LogP contribution < -0.4 is 0 Å². The van der Waals surface area contributed by atoms with Crippen molar-refractivity contribution < 1.29 is 9.84 Å². The highest BCUT2D eigenvalue weighted by Crippen LogP contribution is 2.42. The van der Waals surface area contributed by atoms with Crippen LogP contribution in [0.15, 0.2) is 11.8 Å². The second-order valence-corrected chi connectivity index (χ2v) is 4.48. The minimum atomic E-state index is -0.635. The van der Waals surface area contributed by atoms with E-state index in [2.05, 4.69) is 13.0 Å². The second kappa shape index (κ2) is 3.93. The predicted octanol–water partition coefficient (Wildman–Crippen LogP) is 2.62. The Hall–Kier alpha value is -0.500. The van der Waals surface area contributed by atoms with Crippen LogP contribution in [0.5, 0.6) is 0 Å². The molecule has 1 saturated carbocycles. The molecule has 80 valence electrons. The van der Waals surface area contributed by atoms with Gasteiger partial charge in [0, 0.05) is 6.42 Å². The van der Waals surface area contributed by atoms with E-state index in [1.54, 1.807) is 0 Å². The van der Waals surface area contributed by atoms with Crippen molar-refractivity contribution in [1.82, 2.24) is 0 Å². The Labute approximate surface area is 86.0 Å². The lowest BCUT2D eigenvalue weighted by Gasteiger charge is -2.39. The highest BCUT2D eigenvalue weighted by atomic mass is 16.5. The zero-order chi connectivity index (χ0) is 10.0. The molecule has 2 heteroatoms. The minimum absolute atomic E-state index is 0.403. The van der Waals surface area contributed by atoms with Gasteiger partial charge in [-0.3, -0.25) is 0 Å². The van der Waals surface area contributed by atoms with Crippen molar-refractivity contribution in [3.8, 4) is 0 Å². The number of hydrogen-bond donors (Lipinski definition) is 1. The van der Waals surface area contributed by atoms with E-state index in [1.807, 2.05) is 0 Å². The van der Waals surface area contributed by atoms with Gasteiger partial charge in [-0.15, -0.1) is 0 Å². The molecular weight excluding hydrogens is 176 g/mol. The van der Waals surface area contributed by atoms with E-state index in [0.29, 0.717) is 5.92 Å². The van der Waals surface area contributed by atoms with Gasteiger partial charge in [0.15, 0.2) is 0 Å². The molecule has 1 fully saturated rings. The maximum absolute atomic E-state index is 10.6. The first-order valence-electron chi connectivity index (χ1n) is 5.83. The van der Waals surface area contributed by atoms with Gasteiger partial charge in [-0.05, 0) is 24.8 Å². The summed E-state index contributed by atoms with van der Waals surface area (Å²) in [5.74, 6) is 1.27. The number of ether oxygens (including phenoxy) is 1. The Balaban J connectivity index is 2.17. The average Bonchev–Trinajstić information content (AvgIpc) is 2.72. The molecule has 2 unspecified atom stereocenters. The van der Waals surface area contributed by atoms with E-state index in [9.17, 15) is 5.11 Å². The molecule has 1 aliphatic carbocycles. The molecule has 0 amide bonds. The van der Waals surface area contributed by atoms with Crippen molar-refractivity contribution in [1.29, 1.82) is 0 Å². The van der Waals surface area contributed by atoms with Gasteiger partial charge in [0.1, 0.15) is 11.4 Å². The lowest BCUT2D eigenvalue weighted by atomic mass is 9.73. The van der Waals surface area contributed by atoms with Crippen LogP contribution in [0.1, 0.15) is 45.4 Å². The highest BCUT2D eigenvalue weighted by molar-refractivity contribution is 5.16. The first kappa shape index (κ1) is 10.0. The van der Waals surface area contributed by atoms with Gasteiger partial charge in [0.2, 0.25) is 0 Å². The molecule has 0 bridgehead atoms. The molecule has 0 aromatic carbocycles. The average molecular weight is 196 g/mol. The van der Waals surface area contributed by atoms with E-state index < -0.39 is 5.60 Å². The molecule has 1 heterocycles. The lowest BCUT2D eigenvalue weighted by molar-refractivity contribution is -0.0555. The van der Waals surface area contributed by atoms with Crippen LogP contribution in [-0.2, 0) is 4.74 Å². The zero-order valence-electron chi connectivity index (χ0n) is 8.96. The third-order valence-electron chi connectivity index (χ3n) is 3.66. The first-order chi connectivity index (χ1) is 6.77. The maximum Gasteiger partial charge on any atom is 0.124 e. The lowest BCUT2D eigenvalue weighted by Crippen LogP contribution is -2.42. The normalized spacial score (nSPS) is 37.9. The highest BCUT2D eigenvalue weighted by Gasteiger charge is 2.43. The van der Waals surface area contributed by atoms with Gasteiger partial charge in [0.25, 0.3) is 0 Å². The smallest absolute Gasteiger partial charge is 0.124 e. The van der Waals surface area contributed by atoms with Crippen LogP contribution in [0.2, 0.25) is 0 Å². The molecule has 2 atom stereocenters. The molecular formula is C12H20O2. The molecule has 0 aromatic rings. The van der Waals surface area contributed by atoms with E-state index >= 15 is 0 Å². The summed E-state index contributed by atoms with van der Waals surface area (Å²) in [7, 11) is 0. The van der Waals surface area contributed by atoms with Crippen molar-refractivity contribution in [2.45, 2.75) is 51.0 Å². The predicted molar refractivity (Wildman–Crippen MR) is 55.9 cm³/mol. The van der Waals surface area contributed by atoms with Crippen LogP contribution in [0.25, 0.3) is 0 Å². The van der Waals surface area contributed by atoms with Gasteiger partial charge >= 0.3 is 0 Å². The van der Waals surface area contributed by atoms with Crippen LogP contribution in [-0.4, -0.2) is 17.3 Å². The SMILES string of the molecule is CCC1CCCCC1(O)C1=CCCO1. The van der Waals surface area contributed by atoms with Crippen molar-refractivity contribution in [2.24, 2.45) is 5.92 Å². The summed E-state index contributed by atoms with van der Waals surface area (Å²) in [5, 5.41) is 10.6. The third kappa shape index (κ3) is 1.56. The summed E-state index contributed by atoms with van der Waals surface area (Å²) in [4.78, 5) is 0. The molecule has 0 saturated heterocycles. The fourth-order valence-corrected chi connectivity index (χ4v) is 2.81. The number of rotatable bonds is 2. The number of hydrogen-bond acceptors (Lipinski definition) is 2. The summed E-state index contributed by atoms with van der Waals surface area (Å²) >= 11 is 0. The monoisotopic (exact) mass is 196 g/mol. The van der Waals surface area contributed by atoms with Crippen molar-refractivity contribution in [2.75, 3.05) is 6.61 Å². The Bertz CT molecular complexity index is 234. The molecule has 0 radical (unpaired) electrons. The van der Waals surface area contributed by atoms with Crippen LogP contribution >= 0.6 is 0 Å². The molecule has 1 N–H and O–H groups in total. The Morgan fingerprint density at radius 1 is 1.57 bits per heavy atom. The first-order valence-corrected chi connectivity index (χ1v) is 5.83. The van der Waals surface area contributed by atoms with Crippen LogP contribution in [0.4, 0.5) is 0 Å². The van der Waals surface area contributed by atoms with Crippen molar-refractivity contribution in [3.05, 3.63) is 11.8 Å². The summed E-state index contributed by atoms with van der Waals surface area (Å²) in [5.41, 5.74) is -0.635. The number of aliphatic hydroxyl groups is 1. The second-order valence-electron chi connectivity index (χ2n) is 4.48. The molecule has 2 nitrogen and oxygen atoms in total. The summed E-state index contributed by atoms with van der Waals surface area (Å²) in [6.45, 7) is 2.92. The van der Waals surface area contributed by atoms with Crippen LogP contribution in [0, 0.1) is 5.92 Å². The molecule has 14 heavy (non-hydrogen) atoms. The van der Waals surface area contributed by atoms with E-state index in [1.165, 1.54) is 6.42 Å².